The molecule has 1 radical (unpaired) electrons. The highest BCUT2D eigenvalue weighted by molar-refractivity contribution is 4.70. The highest BCUT2D eigenvalue weighted by atomic mass is 16.3. The fourth-order valence-electron chi connectivity index (χ4n) is 1.57. The summed E-state index contributed by atoms with van der Waals surface area (Å²) in [5.74, 6) is 0.439. The molecular weight excluding hydrogens is 126 g/mol. The van der Waals surface area contributed by atoms with Gasteiger partial charge in [0, 0.05) is 6.54 Å². The van der Waals surface area contributed by atoms with Gasteiger partial charge >= 0.3 is 0 Å². The quantitative estimate of drug-likeness (QED) is 0.567. The monoisotopic (exact) mass is 142 g/mol. The summed E-state index contributed by atoms with van der Waals surface area (Å²) in [6, 6.07) is 0. The minimum absolute atomic E-state index is 0.122. The van der Waals surface area contributed by atoms with Gasteiger partial charge in [-0.25, -0.2) is 5.11 Å². The molecule has 0 spiro atoms. The maximum Gasteiger partial charge on any atom is 0.0862 e. The van der Waals surface area contributed by atoms with Crippen LogP contribution >= 0.6 is 0 Å². The van der Waals surface area contributed by atoms with E-state index in [4.69, 9.17) is 0 Å². The fourth-order valence-corrected chi connectivity index (χ4v) is 1.57. The summed E-state index contributed by atoms with van der Waals surface area (Å²) in [5.41, 5.74) is 0. The van der Waals surface area contributed by atoms with Crippen molar-refractivity contribution in [1.29, 1.82) is 0 Å². The third kappa shape index (κ3) is 1.96. The molecular formula is C8H16NO. The molecule has 59 valence electrons. The molecule has 0 N–H and O–H groups in total. The van der Waals surface area contributed by atoms with Gasteiger partial charge in [-0.3, -0.25) is 0 Å². The zero-order chi connectivity index (χ0) is 7.40. The minimum Gasteiger partial charge on any atom is -0.303 e. The van der Waals surface area contributed by atoms with Gasteiger partial charge in [-0.05, 0) is 31.8 Å². The highest BCUT2D eigenvalue weighted by Gasteiger charge is 2.17. The number of rotatable bonds is 2. The maximum absolute atomic E-state index is 10.5. The summed E-state index contributed by atoms with van der Waals surface area (Å²) < 4.78 is 0. The second kappa shape index (κ2) is 3.94. The molecule has 1 rings (SSSR count). The van der Waals surface area contributed by atoms with E-state index in [-0.39, 0.29) is 6.61 Å². The lowest BCUT2D eigenvalue weighted by atomic mass is 9.99. The molecule has 2 nitrogen and oxygen atoms in total. The number of hydrogen-bond donors (Lipinski definition) is 0. The number of likely N-dealkylation sites (tertiary alicyclic amines) is 1. The molecule has 1 atom stereocenters. The zero-order valence-electron chi connectivity index (χ0n) is 6.68. The molecule has 10 heavy (non-hydrogen) atoms. The van der Waals surface area contributed by atoms with E-state index in [9.17, 15) is 5.11 Å². The molecule has 0 aromatic rings. The maximum atomic E-state index is 10.5. The van der Waals surface area contributed by atoms with Crippen molar-refractivity contribution in [2.45, 2.75) is 19.8 Å². The predicted molar refractivity (Wildman–Crippen MR) is 40.4 cm³/mol. The van der Waals surface area contributed by atoms with Crippen LogP contribution in [0.5, 0.6) is 0 Å². The largest absolute Gasteiger partial charge is 0.303 e. The second-order valence-electron chi connectivity index (χ2n) is 3.07. The molecule has 1 heterocycles. The van der Waals surface area contributed by atoms with Gasteiger partial charge in [0.2, 0.25) is 0 Å². The van der Waals surface area contributed by atoms with Crippen molar-refractivity contribution in [3.05, 3.63) is 0 Å². The summed E-state index contributed by atoms with van der Waals surface area (Å²) in [6.45, 7) is 5.63. The lowest BCUT2D eigenvalue weighted by molar-refractivity contribution is 0.0851. The van der Waals surface area contributed by atoms with E-state index in [0.29, 0.717) is 5.92 Å². The lowest BCUT2D eigenvalue weighted by Gasteiger charge is -2.30. The van der Waals surface area contributed by atoms with Crippen LogP contribution in [-0.4, -0.2) is 31.1 Å². The van der Waals surface area contributed by atoms with Gasteiger partial charge in [0.15, 0.2) is 0 Å². The van der Waals surface area contributed by atoms with E-state index >= 15 is 0 Å². The molecule has 0 amide bonds. The molecule has 0 aromatic carbocycles. The first-order valence-corrected chi connectivity index (χ1v) is 4.17. The van der Waals surface area contributed by atoms with Gasteiger partial charge in [0.25, 0.3) is 0 Å². The first kappa shape index (κ1) is 8.02. The first-order chi connectivity index (χ1) is 4.86. The predicted octanol–water partition coefficient (Wildman–Crippen LogP) is 1.15. The van der Waals surface area contributed by atoms with Gasteiger partial charge in [0.05, 0.1) is 6.61 Å². The Balaban J connectivity index is 2.25. The smallest absolute Gasteiger partial charge is 0.0862 e. The molecule has 1 unspecified atom stereocenters. The van der Waals surface area contributed by atoms with Crippen LogP contribution in [0.3, 0.4) is 0 Å². The van der Waals surface area contributed by atoms with Crippen molar-refractivity contribution in [2.24, 2.45) is 5.92 Å². The molecule has 0 saturated carbocycles. The van der Waals surface area contributed by atoms with E-state index in [0.717, 1.165) is 19.5 Å². The third-order valence-electron chi connectivity index (χ3n) is 2.29. The van der Waals surface area contributed by atoms with Crippen LogP contribution in [0.1, 0.15) is 19.8 Å². The standard InChI is InChI=1S/C8H16NO/c1-2-9-5-3-4-8(6-9)7-10/h8H,2-7H2,1H3. The van der Waals surface area contributed by atoms with Crippen molar-refractivity contribution >= 4 is 0 Å². The second-order valence-corrected chi connectivity index (χ2v) is 3.07. The Morgan fingerprint density at radius 3 is 3.00 bits per heavy atom. The van der Waals surface area contributed by atoms with Crippen molar-refractivity contribution in [1.82, 2.24) is 4.90 Å². The summed E-state index contributed by atoms with van der Waals surface area (Å²) in [4.78, 5) is 2.37. The van der Waals surface area contributed by atoms with Gasteiger partial charge in [-0.15, -0.1) is 0 Å². The van der Waals surface area contributed by atoms with Crippen LogP contribution in [0.2, 0.25) is 0 Å². The van der Waals surface area contributed by atoms with Gasteiger partial charge < -0.3 is 4.90 Å². The Morgan fingerprint density at radius 2 is 2.40 bits per heavy atom. The van der Waals surface area contributed by atoms with Crippen LogP contribution in [0, 0.1) is 5.92 Å². The van der Waals surface area contributed by atoms with Crippen molar-refractivity contribution in [3.8, 4) is 0 Å². The van der Waals surface area contributed by atoms with Crippen LogP contribution < -0.4 is 0 Å². The molecule has 2 heteroatoms. The van der Waals surface area contributed by atoms with Crippen molar-refractivity contribution in [2.75, 3.05) is 26.2 Å². The van der Waals surface area contributed by atoms with Gasteiger partial charge in [0.1, 0.15) is 0 Å². The van der Waals surface area contributed by atoms with Gasteiger partial charge in [-0.2, -0.15) is 0 Å². The van der Waals surface area contributed by atoms with Crippen LogP contribution in [0.25, 0.3) is 0 Å². The first-order valence-electron chi connectivity index (χ1n) is 4.17. The summed E-state index contributed by atoms with van der Waals surface area (Å²) in [5, 5.41) is 10.5. The molecule has 1 fully saturated rings. The Labute approximate surface area is 62.8 Å². The van der Waals surface area contributed by atoms with E-state index in [1.165, 1.54) is 13.0 Å². The Bertz CT molecular complexity index is 85.3. The summed E-state index contributed by atoms with van der Waals surface area (Å²) >= 11 is 0. The van der Waals surface area contributed by atoms with Crippen molar-refractivity contribution < 1.29 is 5.11 Å². The summed E-state index contributed by atoms with van der Waals surface area (Å²) in [7, 11) is 0. The molecule has 0 aromatic heterocycles. The zero-order valence-corrected chi connectivity index (χ0v) is 6.68. The van der Waals surface area contributed by atoms with E-state index in [1.54, 1.807) is 0 Å². The third-order valence-corrected chi connectivity index (χ3v) is 2.29. The number of nitrogens with zero attached hydrogens (tertiary/aromatic N) is 1. The van der Waals surface area contributed by atoms with Crippen LogP contribution in [0.15, 0.2) is 0 Å². The molecule has 0 bridgehead atoms. The SMILES string of the molecule is CCN1CCCC(C[O])C1. The Hall–Kier alpha value is -0.0800. The highest BCUT2D eigenvalue weighted by Crippen LogP contribution is 2.14. The lowest BCUT2D eigenvalue weighted by Crippen LogP contribution is -2.36. The van der Waals surface area contributed by atoms with Crippen molar-refractivity contribution in [3.63, 3.8) is 0 Å². The topological polar surface area (TPSA) is 23.1 Å². The molecule has 1 saturated heterocycles. The summed E-state index contributed by atoms with van der Waals surface area (Å²) in [6.07, 6.45) is 2.38. The Morgan fingerprint density at radius 1 is 1.60 bits per heavy atom. The number of hydrogen-bond acceptors (Lipinski definition) is 1. The Kier molecular flexibility index (Phi) is 3.16. The normalized spacial score (nSPS) is 28.8. The molecule has 1 aliphatic heterocycles. The van der Waals surface area contributed by atoms with Crippen LogP contribution in [0.4, 0.5) is 0 Å². The average Bonchev–Trinajstić information content (AvgIpc) is 2.05. The molecule has 0 aliphatic carbocycles. The minimum atomic E-state index is 0.122. The number of piperidine rings is 1. The van der Waals surface area contributed by atoms with E-state index in [2.05, 4.69) is 11.8 Å². The van der Waals surface area contributed by atoms with E-state index in [1.807, 2.05) is 0 Å². The molecule has 1 aliphatic rings. The van der Waals surface area contributed by atoms with Crippen LogP contribution in [-0.2, 0) is 5.11 Å². The average molecular weight is 142 g/mol. The van der Waals surface area contributed by atoms with Gasteiger partial charge in [-0.1, -0.05) is 6.92 Å². The fraction of sp³-hybridized carbons (Fsp3) is 1.00. The van der Waals surface area contributed by atoms with E-state index < -0.39 is 0 Å².